The van der Waals surface area contributed by atoms with Gasteiger partial charge < -0.3 is 14.4 Å². The fourth-order valence-electron chi connectivity index (χ4n) is 2.40. The summed E-state index contributed by atoms with van der Waals surface area (Å²) >= 11 is 0. The number of nitrogens with zero attached hydrogens (tertiary/aromatic N) is 5. The van der Waals surface area contributed by atoms with E-state index in [9.17, 15) is 4.79 Å². The normalized spacial score (nSPS) is 16.3. The Labute approximate surface area is 121 Å². The Balaban J connectivity index is 1.58. The van der Waals surface area contributed by atoms with Crippen molar-refractivity contribution < 1.29 is 14.3 Å². The van der Waals surface area contributed by atoms with E-state index in [1.165, 1.54) is 11.1 Å². The number of aromatic nitrogens is 4. The standard InChI is InChI=1S/C13H17N5O3/c19-9-10-3-5-17(6-4-10)12(20)8-18-15-13(14-16-18)11-2-1-7-21-11/h1-2,7,10,19H,3-6,8-9H2. The second-order valence-electron chi connectivity index (χ2n) is 5.13. The molecule has 1 aliphatic rings. The summed E-state index contributed by atoms with van der Waals surface area (Å²) in [4.78, 5) is 15.2. The molecule has 1 fully saturated rings. The lowest BCUT2D eigenvalue weighted by Crippen LogP contribution is -2.41. The molecule has 3 heterocycles. The number of carbonyl (C=O) groups excluding carboxylic acids is 1. The zero-order chi connectivity index (χ0) is 14.7. The molecular formula is C13H17N5O3. The minimum Gasteiger partial charge on any atom is -0.461 e. The molecule has 2 aromatic heterocycles. The second kappa shape index (κ2) is 6.04. The van der Waals surface area contributed by atoms with Gasteiger partial charge in [0.15, 0.2) is 5.76 Å². The number of rotatable bonds is 4. The predicted octanol–water partition coefficient (Wildman–Crippen LogP) is 0.164. The molecule has 0 aromatic carbocycles. The first-order valence-electron chi connectivity index (χ1n) is 6.96. The summed E-state index contributed by atoms with van der Waals surface area (Å²) in [5, 5.41) is 21.0. The molecule has 0 saturated carbocycles. The van der Waals surface area contributed by atoms with Crippen LogP contribution >= 0.6 is 0 Å². The monoisotopic (exact) mass is 291 g/mol. The Kier molecular flexibility index (Phi) is 3.96. The average Bonchev–Trinajstić information content (AvgIpc) is 3.18. The Morgan fingerprint density at radius 1 is 1.43 bits per heavy atom. The van der Waals surface area contributed by atoms with Crippen LogP contribution in [0.25, 0.3) is 11.6 Å². The van der Waals surface area contributed by atoms with Crippen LogP contribution in [-0.4, -0.2) is 55.8 Å². The van der Waals surface area contributed by atoms with Crippen LogP contribution in [0.4, 0.5) is 0 Å². The Hall–Kier alpha value is -2.22. The molecule has 112 valence electrons. The van der Waals surface area contributed by atoms with Gasteiger partial charge in [0.1, 0.15) is 6.54 Å². The highest BCUT2D eigenvalue weighted by Crippen LogP contribution is 2.17. The van der Waals surface area contributed by atoms with E-state index in [4.69, 9.17) is 9.52 Å². The maximum Gasteiger partial charge on any atom is 0.246 e. The summed E-state index contributed by atoms with van der Waals surface area (Å²) in [7, 11) is 0. The van der Waals surface area contributed by atoms with Crippen molar-refractivity contribution in [1.82, 2.24) is 25.1 Å². The van der Waals surface area contributed by atoms with E-state index in [-0.39, 0.29) is 19.1 Å². The molecular weight excluding hydrogens is 274 g/mol. The van der Waals surface area contributed by atoms with Gasteiger partial charge in [-0.1, -0.05) is 0 Å². The molecule has 0 unspecified atom stereocenters. The Bertz CT molecular complexity index is 587. The van der Waals surface area contributed by atoms with Crippen LogP contribution in [0.2, 0.25) is 0 Å². The molecule has 8 heteroatoms. The van der Waals surface area contributed by atoms with Gasteiger partial charge in [0.25, 0.3) is 0 Å². The van der Waals surface area contributed by atoms with E-state index < -0.39 is 0 Å². The van der Waals surface area contributed by atoms with Gasteiger partial charge in [-0.05, 0) is 36.1 Å². The molecule has 8 nitrogen and oxygen atoms in total. The molecule has 0 spiro atoms. The average molecular weight is 291 g/mol. The van der Waals surface area contributed by atoms with Crippen molar-refractivity contribution in [2.24, 2.45) is 5.92 Å². The molecule has 3 rings (SSSR count). The topological polar surface area (TPSA) is 97.3 Å². The molecule has 2 aromatic rings. The fourth-order valence-corrected chi connectivity index (χ4v) is 2.40. The first-order valence-corrected chi connectivity index (χ1v) is 6.96. The molecule has 1 amide bonds. The minimum atomic E-state index is -0.0326. The lowest BCUT2D eigenvalue weighted by molar-refractivity contribution is -0.133. The van der Waals surface area contributed by atoms with Crippen molar-refractivity contribution in [1.29, 1.82) is 0 Å². The SMILES string of the molecule is O=C(Cn1nnc(-c2ccco2)n1)N1CCC(CO)CC1. The van der Waals surface area contributed by atoms with Crippen LogP contribution in [0, 0.1) is 5.92 Å². The van der Waals surface area contributed by atoms with Crippen molar-refractivity contribution in [3.8, 4) is 11.6 Å². The van der Waals surface area contributed by atoms with E-state index >= 15 is 0 Å². The number of piperidine rings is 1. The lowest BCUT2D eigenvalue weighted by Gasteiger charge is -2.30. The van der Waals surface area contributed by atoms with Crippen LogP contribution in [-0.2, 0) is 11.3 Å². The number of amides is 1. The number of furan rings is 1. The summed E-state index contributed by atoms with van der Waals surface area (Å²) in [6.07, 6.45) is 3.21. The highest BCUT2D eigenvalue weighted by molar-refractivity contribution is 5.75. The van der Waals surface area contributed by atoms with Crippen LogP contribution in [0.3, 0.4) is 0 Å². The van der Waals surface area contributed by atoms with Gasteiger partial charge in [0.05, 0.1) is 6.26 Å². The molecule has 21 heavy (non-hydrogen) atoms. The van der Waals surface area contributed by atoms with E-state index in [1.807, 2.05) is 0 Å². The number of hydrogen-bond donors (Lipinski definition) is 1. The van der Waals surface area contributed by atoms with Crippen LogP contribution in [0.1, 0.15) is 12.8 Å². The summed E-state index contributed by atoms with van der Waals surface area (Å²) in [6, 6.07) is 3.48. The number of likely N-dealkylation sites (tertiary alicyclic amines) is 1. The number of carbonyl (C=O) groups is 1. The molecule has 0 atom stereocenters. The van der Waals surface area contributed by atoms with Gasteiger partial charge in [-0.3, -0.25) is 4.79 Å². The first kappa shape index (κ1) is 13.7. The van der Waals surface area contributed by atoms with E-state index in [0.29, 0.717) is 30.6 Å². The maximum atomic E-state index is 12.2. The van der Waals surface area contributed by atoms with E-state index in [1.54, 1.807) is 17.0 Å². The second-order valence-corrected chi connectivity index (χ2v) is 5.13. The number of tetrazole rings is 1. The molecule has 1 saturated heterocycles. The predicted molar refractivity (Wildman–Crippen MR) is 71.9 cm³/mol. The fraction of sp³-hybridized carbons (Fsp3) is 0.538. The van der Waals surface area contributed by atoms with E-state index in [2.05, 4.69) is 15.4 Å². The number of aliphatic hydroxyl groups excluding tert-OH is 1. The third kappa shape index (κ3) is 3.10. The van der Waals surface area contributed by atoms with Crippen molar-refractivity contribution in [2.75, 3.05) is 19.7 Å². The van der Waals surface area contributed by atoms with Gasteiger partial charge in [0, 0.05) is 19.7 Å². The van der Waals surface area contributed by atoms with Gasteiger partial charge in [-0.25, -0.2) is 0 Å². The van der Waals surface area contributed by atoms with Gasteiger partial charge in [-0.15, -0.1) is 10.2 Å². The Morgan fingerprint density at radius 2 is 2.24 bits per heavy atom. The number of hydrogen-bond acceptors (Lipinski definition) is 6. The minimum absolute atomic E-state index is 0.0326. The zero-order valence-corrected chi connectivity index (χ0v) is 11.6. The summed E-state index contributed by atoms with van der Waals surface area (Å²) in [5.74, 6) is 1.17. The lowest BCUT2D eigenvalue weighted by atomic mass is 9.98. The third-order valence-electron chi connectivity index (χ3n) is 3.70. The quantitative estimate of drug-likeness (QED) is 0.862. The van der Waals surface area contributed by atoms with Crippen LogP contribution in [0.15, 0.2) is 22.8 Å². The summed E-state index contributed by atoms with van der Waals surface area (Å²) in [6.45, 7) is 1.60. The maximum absolute atomic E-state index is 12.2. The van der Waals surface area contributed by atoms with Gasteiger partial charge in [-0.2, -0.15) is 4.80 Å². The molecule has 1 N–H and O–H groups in total. The highest BCUT2D eigenvalue weighted by Gasteiger charge is 2.23. The zero-order valence-electron chi connectivity index (χ0n) is 11.6. The van der Waals surface area contributed by atoms with Crippen molar-refractivity contribution >= 4 is 5.91 Å². The van der Waals surface area contributed by atoms with E-state index in [0.717, 1.165) is 12.8 Å². The van der Waals surface area contributed by atoms with Crippen molar-refractivity contribution in [3.05, 3.63) is 18.4 Å². The Morgan fingerprint density at radius 3 is 2.90 bits per heavy atom. The first-order chi connectivity index (χ1) is 10.3. The molecule has 0 aliphatic carbocycles. The smallest absolute Gasteiger partial charge is 0.246 e. The largest absolute Gasteiger partial charge is 0.461 e. The molecule has 0 bridgehead atoms. The third-order valence-corrected chi connectivity index (χ3v) is 3.70. The van der Waals surface area contributed by atoms with Crippen molar-refractivity contribution in [3.63, 3.8) is 0 Å². The highest BCUT2D eigenvalue weighted by atomic mass is 16.3. The number of aliphatic hydroxyl groups is 1. The van der Waals surface area contributed by atoms with Crippen LogP contribution in [0.5, 0.6) is 0 Å². The molecule has 1 aliphatic heterocycles. The van der Waals surface area contributed by atoms with Crippen LogP contribution < -0.4 is 0 Å². The van der Waals surface area contributed by atoms with Gasteiger partial charge >= 0.3 is 0 Å². The van der Waals surface area contributed by atoms with Gasteiger partial charge in [0.2, 0.25) is 11.7 Å². The summed E-state index contributed by atoms with van der Waals surface area (Å²) < 4.78 is 5.18. The van der Waals surface area contributed by atoms with Crippen molar-refractivity contribution in [2.45, 2.75) is 19.4 Å². The summed E-state index contributed by atoms with van der Waals surface area (Å²) in [5.41, 5.74) is 0. The molecule has 0 radical (unpaired) electrons.